The maximum atomic E-state index is 12.6. The first-order chi connectivity index (χ1) is 13.1. The van der Waals surface area contributed by atoms with Crippen LogP contribution in [-0.2, 0) is 25.7 Å². The smallest absolute Gasteiger partial charge is 0.329 e. The molecule has 0 unspecified atom stereocenters. The molecule has 0 bridgehead atoms. The standard InChI is InChI=1S/C22H23NO4/c1-14(23-20(24)18-11-4-5-12-19(18)21(23)25)22(26)27-13-16-9-6-8-15-7-2-3-10-17(15)16/h2-3,6-10,14,18-19H,4-5,11-13H2,1H3/t14-,18+,19+/m0/s1. The molecule has 0 spiro atoms. The molecule has 0 N–H and O–H groups in total. The molecule has 1 aliphatic heterocycles. The number of hydrogen-bond acceptors (Lipinski definition) is 4. The maximum Gasteiger partial charge on any atom is 0.329 e. The van der Waals surface area contributed by atoms with Crippen LogP contribution < -0.4 is 0 Å². The lowest BCUT2D eigenvalue weighted by molar-refractivity contribution is -0.159. The largest absolute Gasteiger partial charge is 0.459 e. The number of esters is 1. The lowest BCUT2D eigenvalue weighted by Gasteiger charge is -2.21. The van der Waals surface area contributed by atoms with Gasteiger partial charge in [-0.3, -0.25) is 14.5 Å². The molecule has 1 heterocycles. The molecule has 3 atom stereocenters. The fourth-order valence-electron chi connectivity index (χ4n) is 4.36. The third kappa shape index (κ3) is 3.11. The van der Waals surface area contributed by atoms with Crippen LogP contribution in [0.1, 0.15) is 38.2 Å². The average molecular weight is 365 g/mol. The third-order valence-corrected chi connectivity index (χ3v) is 5.85. The lowest BCUT2D eigenvalue weighted by atomic mass is 9.81. The van der Waals surface area contributed by atoms with Crippen molar-refractivity contribution in [2.45, 2.75) is 45.3 Å². The first-order valence-corrected chi connectivity index (χ1v) is 9.58. The Balaban J connectivity index is 1.46. The van der Waals surface area contributed by atoms with E-state index in [9.17, 15) is 14.4 Å². The Bertz CT molecular complexity index is 877. The van der Waals surface area contributed by atoms with Crippen LogP contribution in [0.2, 0.25) is 0 Å². The van der Waals surface area contributed by atoms with Gasteiger partial charge in [0.2, 0.25) is 11.8 Å². The molecule has 4 rings (SSSR count). The Morgan fingerprint density at radius 1 is 1.04 bits per heavy atom. The van der Waals surface area contributed by atoms with E-state index in [4.69, 9.17) is 4.74 Å². The second-order valence-corrected chi connectivity index (χ2v) is 7.47. The minimum absolute atomic E-state index is 0.119. The molecule has 5 heteroatoms. The molecule has 2 aliphatic rings. The highest BCUT2D eigenvalue weighted by atomic mass is 16.5. The Morgan fingerprint density at radius 2 is 1.67 bits per heavy atom. The number of amides is 2. The van der Waals surface area contributed by atoms with Crippen molar-refractivity contribution in [3.63, 3.8) is 0 Å². The molecule has 2 aromatic carbocycles. The molecule has 2 aromatic rings. The van der Waals surface area contributed by atoms with E-state index in [0.717, 1.165) is 46.9 Å². The van der Waals surface area contributed by atoms with E-state index < -0.39 is 12.0 Å². The zero-order chi connectivity index (χ0) is 19.0. The topological polar surface area (TPSA) is 63.7 Å². The zero-order valence-electron chi connectivity index (χ0n) is 15.4. The summed E-state index contributed by atoms with van der Waals surface area (Å²) in [4.78, 5) is 39.0. The fraction of sp³-hybridized carbons (Fsp3) is 0.409. The summed E-state index contributed by atoms with van der Waals surface area (Å²) in [7, 11) is 0. The maximum absolute atomic E-state index is 12.6. The van der Waals surface area contributed by atoms with Gasteiger partial charge in [-0.1, -0.05) is 55.3 Å². The SMILES string of the molecule is C[C@@H](C(=O)OCc1cccc2ccccc12)N1C(=O)[C@@H]2CCCC[C@H]2C1=O. The summed E-state index contributed by atoms with van der Waals surface area (Å²) in [6, 6.07) is 12.9. The van der Waals surface area contributed by atoms with Crippen LogP contribution in [0.25, 0.3) is 10.8 Å². The van der Waals surface area contributed by atoms with E-state index in [1.54, 1.807) is 6.92 Å². The van der Waals surface area contributed by atoms with Gasteiger partial charge in [-0.05, 0) is 36.1 Å². The van der Waals surface area contributed by atoms with Crippen molar-refractivity contribution >= 4 is 28.6 Å². The predicted molar refractivity (Wildman–Crippen MR) is 101 cm³/mol. The molecule has 1 saturated heterocycles. The monoisotopic (exact) mass is 365 g/mol. The summed E-state index contributed by atoms with van der Waals surface area (Å²) in [5.41, 5.74) is 0.904. The van der Waals surface area contributed by atoms with Crippen LogP contribution in [0.3, 0.4) is 0 Å². The normalized spacial score (nSPS) is 23.4. The number of likely N-dealkylation sites (tertiary alicyclic amines) is 1. The zero-order valence-corrected chi connectivity index (χ0v) is 15.4. The first-order valence-electron chi connectivity index (χ1n) is 9.58. The van der Waals surface area contributed by atoms with Crippen LogP contribution in [0.15, 0.2) is 42.5 Å². The third-order valence-electron chi connectivity index (χ3n) is 5.85. The van der Waals surface area contributed by atoms with E-state index in [2.05, 4.69) is 0 Å². The van der Waals surface area contributed by atoms with Crippen LogP contribution in [0.4, 0.5) is 0 Å². The number of ether oxygens (including phenoxy) is 1. The molecule has 2 fully saturated rings. The number of nitrogens with zero attached hydrogens (tertiary/aromatic N) is 1. The molecular weight excluding hydrogens is 342 g/mol. The molecule has 140 valence electrons. The van der Waals surface area contributed by atoms with Gasteiger partial charge < -0.3 is 4.74 Å². The summed E-state index contributed by atoms with van der Waals surface area (Å²) < 4.78 is 5.48. The van der Waals surface area contributed by atoms with Crippen molar-refractivity contribution in [1.82, 2.24) is 4.90 Å². The van der Waals surface area contributed by atoms with Crippen LogP contribution in [-0.4, -0.2) is 28.7 Å². The summed E-state index contributed by atoms with van der Waals surface area (Å²) in [6.07, 6.45) is 3.41. The summed E-state index contributed by atoms with van der Waals surface area (Å²) in [6.45, 7) is 1.70. The van der Waals surface area contributed by atoms with Crippen molar-refractivity contribution in [1.29, 1.82) is 0 Å². The molecule has 1 saturated carbocycles. The highest BCUT2D eigenvalue weighted by Gasteiger charge is 2.51. The van der Waals surface area contributed by atoms with Crippen LogP contribution >= 0.6 is 0 Å². The van der Waals surface area contributed by atoms with Crippen LogP contribution in [0, 0.1) is 11.8 Å². The molecule has 5 nitrogen and oxygen atoms in total. The molecular formula is C22H23NO4. The number of benzene rings is 2. The number of rotatable bonds is 4. The number of carbonyl (C=O) groups is 3. The Hall–Kier alpha value is -2.69. The quantitative estimate of drug-likeness (QED) is 0.615. The Labute approximate surface area is 158 Å². The number of imide groups is 1. The van der Waals surface area contributed by atoms with Crippen molar-refractivity contribution in [2.24, 2.45) is 11.8 Å². The predicted octanol–water partition coefficient (Wildman–Crippen LogP) is 3.45. The summed E-state index contributed by atoms with van der Waals surface area (Å²) in [5, 5.41) is 2.10. The van der Waals surface area contributed by atoms with E-state index in [1.165, 1.54) is 0 Å². The number of fused-ring (bicyclic) bond motifs is 2. The lowest BCUT2D eigenvalue weighted by Crippen LogP contribution is -2.44. The second kappa shape index (κ2) is 7.14. The Kier molecular flexibility index (Phi) is 4.68. The fourth-order valence-corrected chi connectivity index (χ4v) is 4.36. The highest BCUT2D eigenvalue weighted by molar-refractivity contribution is 6.07. The van der Waals surface area contributed by atoms with Gasteiger partial charge in [0.05, 0.1) is 11.8 Å². The van der Waals surface area contributed by atoms with Gasteiger partial charge in [0, 0.05) is 0 Å². The van der Waals surface area contributed by atoms with Crippen molar-refractivity contribution in [3.05, 3.63) is 48.0 Å². The van der Waals surface area contributed by atoms with Gasteiger partial charge in [-0.2, -0.15) is 0 Å². The van der Waals surface area contributed by atoms with Crippen LogP contribution in [0.5, 0.6) is 0 Å². The second-order valence-electron chi connectivity index (χ2n) is 7.47. The first kappa shape index (κ1) is 17.7. The van der Waals surface area contributed by atoms with Gasteiger partial charge in [0.25, 0.3) is 0 Å². The molecule has 0 radical (unpaired) electrons. The van der Waals surface area contributed by atoms with E-state index in [1.807, 2.05) is 42.5 Å². The summed E-state index contributed by atoms with van der Waals surface area (Å²) in [5.74, 6) is -1.46. The molecule has 1 aliphatic carbocycles. The van der Waals surface area contributed by atoms with Gasteiger partial charge in [0.15, 0.2) is 0 Å². The average Bonchev–Trinajstić information content (AvgIpc) is 2.96. The minimum Gasteiger partial charge on any atom is -0.459 e. The van der Waals surface area contributed by atoms with Crippen molar-refractivity contribution < 1.29 is 19.1 Å². The number of carbonyl (C=O) groups excluding carboxylic acids is 3. The van der Waals surface area contributed by atoms with E-state index in [0.29, 0.717) is 0 Å². The van der Waals surface area contributed by atoms with E-state index in [-0.39, 0.29) is 30.3 Å². The highest BCUT2D eigenvalue weighted by Crippen LogP contribution is 2.39. The molecule has 0 aromatic heterocycles. The van der Waals surface area contributed by atoms with Crippen molar-refractivity contribution in [3.8, 4) is 0 Å². The number of hydrogen-bond donors (Lipinski definition) is 0. The van der Waals surface area contributed by atoms with Gasteiger partial charge in [-0.15, -0.1) is 0 Å². The summed E-state index contributed by atoms with van der Waals surface area (Å²) >= 11 is 0. The van der Waals surface area contributed by atoms with Gasteiger partial charge in [-0.25, -0.2) is 4.79 Å². The van der Waals surface area contributed by atoms with Gasteiger partial charge >= 0.3 is 5.97 Å². The van der Waals surface area contributed by atoms with Gasteiger partial charge in [0.1, 0.15) is 12.6 Å². The van der Waals surface area contributed by atoms with Crippen molar-refractivity contribution in [2.75, 3.05) is 0 Å². The Morgan fingerprint density at radius 3 is 2.37 bits per heavy atom. The molecule has 2 amide bonds. The van der Waals surface area contributed by atoms with E-state index >= 15 is 0 Å². The minimum atomic E-state index is -0.884. The molecule has 27 heavy (non-hydrogen) atoms.